The topological polar surface area (TPSA) is 383 Å². The monoisotopic (exact) mass is 1190 g/mol. The van der Waals surface area contributed by atoms with Crippen molar-refractivity contribution in [3.05, 3.63) is 0 Å². The molecule has 0 aromatic heterocycles. The molecule has 0 spiro atoms. The number of amides is 12. The summed E-state index contributed by atoms with van der Waals surface area (Å²) in [6, 6.07) is -9.71. The van der Waals surface area contributed by atoms with Crippen LogP contribution in [0.5, 0.6) is 0 Å². The van der Waals surface area contributed by atoms with Crippen LogP contribution in [0.25, 0.3) is 0 Å². The van der Waals surface area contributed by atoms with Crippen LogP contribution >= 0.6 is 0 Å². The molecule has 2 saturated heterocycles. The van der Waals surface area contributed by atoms with Crippen molar-refractivity contribution in [2.24, 2.45) is 35.3 Å². The summed E-state index contributed by atoms with van der Waals surface area (Å²) in [5.41, 5.74) is 0.672. The lowest BCUT2D eigenvalue weighted by Crippen LogP contribution is -2.65. The second-order valence-electron chi connectivity index (χ2n) is 25.1. The Hall–Kier alpha value is -6.89. The lowest BCUT2D eigenvalue weighted by molar-refractivity contribution is -0.147. The average Bonchev–Trinajstić information content (AvgIpc) is 4.11. The van der Waals surface area contributed by atoms with Crippen molar-refractivity contribution in [2.75, 3.05) is 13.1 Å². The summed E-state index contributed by atoms with van der Waals surface area (Å²) in [7, 11) is 0. The fraction of sp³-hybridized carbons (Fsp3) is 0.776. The van der Waals surface area contributed by atoms with Gasteiger partial charge in [0, 0.05) is 20.0 Å². The van der Waals surface area contributed by atoms with Crippen molar-refractivity contribution < 1.29 is 67.4 Å². The van der Waals surface area contributed by atoms with Crippen LogP contribution in [0, 0.1) is 29.6 Å². The third kappa shape index (κ3) is 20.4. The summed E-state index contributed by atoms with van der Waals surface area (Å²) < 4.78 is 0. The molecule has 0 bridgehead atoms. The molecule has 2 aliphatic heterocycles. The van der Waals surface area contributed by atoms with Crippen LogP contribution in [-0.2, 0) is 62.3 Å². The van der Waals surface area contributed by atoms with Gasteiger partial charge in [0.05, 0.1) is 6.42 Å². The van der Waals surface area contributed by atoms with Gasteiger partial charge >= 0.3 is 5.97 Å². The minimum Gasteiger partial charge on any atom is -0.480 e. The molecule has 84 heavy (non-hydrogen) atoms. The van der Waals surface area contributed by atoms with Crippen molar-refractivity contribution in [3.63, 3.8) is 0 Å². The first-order valence-electron chi connectivity index (χ1n) is 29.7. The summed E-state index contributed by atoms with van der Waals surface area (Å²) in [6.45, 7) is 27.8. The van der Waals surface area contributed by atoms with Gasteiger partial charge in [-0.2, -0.15) is 0 Å². The number of likely N-dealkylation sites (tertiary alicyclic amines) is 2. The molecule has 26 heteroatoms. The van der Waals surface area contributed by atoms with E-state index in [0.29, 0.717) is 38.5 Å². The molecule has 0 unspecified atom stereocenters. The average molecular weight is 1190 g/mol. The van der Waals surface area contributed by atoms with Gasteiger partial charge in [0.2, 0.25) is 70.9 Å². The zero-order chi connectivity index (χ0) is 64.5. The van der Waals surface area contributed by atoms with E-state index in [4.69, 9.17) is 5.73 Å². The lowest BCUT2D eigenvalue weighted by Gasteiger charge is -2.36. The molecular weight excluding hydrogens is 1090 g/mol. The largest absolute Gasteiger partial charge is 0.480 e. The molecule has 0 saturated carbocycles. The number of nitrogens with zero attached hydrogens (tertiary/aromatic N) is 2. The fourth-order valence-electron chi connectivity index (χ4n) is 10.2. The molecule has 12 atom stereocenters. The molecule has 0 aromatic rings. The maximum Gasteiger partial charge on any atom is 0.326 e. The van der Waals surface area contributed by atoms with Crippen molar-refractivity contribution in [1.29, 1.82) is 0 Å². The number of aliphatic carboxylic acids is 1. The van der Waals surface area contributed by atoms with E-state index in [0.717, 1.165) is 0 Å². The number of hydrogen-bond donors (Lipinski definition) is 11. The zero-order valence-corrected chi connectivity index (χ0v) is 52.7. The van der Waals surface area contributed by atoms with Gasteiger partial charge in [-0.05, 0) is 103 Å². The Balaban J connectivity index is 2.33. The van der Waals surface area contributed by atoms with Gasteiger partial charge in [-0.15, -0.1) is 0 Å². The maximum absolute atomic E-state index is 14.5. The smallest absolute Gasteiger partial charge is 0.326 e. The molecule has 26 nitrogen and oxygen atoms in total. The van der Waals surface area contributed by atoms with Crippen LogP contribution < -0.4 is 53.6 Å². The molecule has 2 rings (SSSR count). The van der Waals surface area contributed by atoms with E-state index in [9.17, 15) is 67.4 Å². The molecule has 0 aromatic carbocycles. The van der Waals surface area contributed by atoms with Crippen molar-refractivity contribution in [2.45, 2.75) is 247 Å². The van der Waals surface area contributed by atoms with Crippen LogP contribution in [0.4, 0.5) is 0 Å². The van der Waals surface area contributed by atoms with E-state index in [-0.39, 0.29) is 44.2 Å². The number of primary amides is 1. The summed E-state index contributed by atoms with van der Waals surface area (Å²) in [5, 5.41) is 33.8. The molecular formula is C58H100N12O14. The summed E-state index contributed by atoms with van der Waals surface area (Å²) in [4.78, 5) is 179. The molecule has 12 amide bonds. The van der Waals surface area contributed by atoms with Crippen LogP contribution in [0.3, 0.4) is 0 Å². The van der Waals surface area contributed by atoms with Crippen LogP contribution in [-0.4, -0.2) is 170 Å². The van der Waals surface area contributed by atoms with Crippen LogP contribution in [0.2, 0.25) is 0 Å². The predicted molar refractivity (Wildman–Crippen MR) is 312 cm³/mol. The van der Waals surface area contributed by atoms with Crippen LogP contribution in [0.1, 0.15) is 182 Å². The van der Waals surface area contributed by atoms with Gasteiger partial charge in [-0.25, -0.2) is 4.79 Å². The normalized spacial score (nSPS) is 19.1. The van der Waals surface area contributed by atoms with Gasteiger partial charge in [0.25, 0.3) is 0 Å². The number of nitrogens with two attached hydrogens (primary N) is 1. The SMILES string of the molecule is CC[C@H](C)[C@H](NC(=O)[C@@H]1CCCN1C(=O)C(C)(C)NC(=O)[C@H](CC(C)C)NC(=O)[C@@H](NC(=O)[C@@H]1CCCN1C(=O)C(C)(C)NC(=O)[C@@H](NC(=O)[C@@H](NC(=O)[C@H](CC(N)=O)NC(=O)C(C)(C)NC(C)=O)[C@@H](C)CC)[C@@H](C)CC)[C@@H](C)CC)C(=O)O. The number of hydrogen-bond acceptors (Lipinski definition) is 13. The van der Waals surface area contributed by atoms with Gasteiger partial charge in [-0.1, -0.05) is 94.9 Å². The fourth-order valence-corrected chi connectivity index (χ4v) is 10.2. The third-order valence-corrected chi connectivity index (χ3v) is 16.2. The first kappa shape index (κ1) is 73.2. The lowest BCUT2D eigenvalue weighted by atomic mass is 9.93. The van der Waals surface area contributed by atoms with Gasteiger partial charge in [0.15, 0.2) is 0 Å². The summed E-state index contributed by atoms with van der Waals surface area (Å²) in [5.74, 6) is -11.9. The first-order valence-corrected chi connectivity index (χ1v) is 29.7. The number of carboxylic acid groups (broad SMARTS) is 1. The van der Waals surface area contributed by atoms with E-state index < -0.39 is 166 Å². The molecule has 0 radical (unpaired) electrons. The number of nitrogens with one attached hydrogen (secondary N) is 9. The van der Waals surface area contributed by atoms with Gasteiger partial charge < -0.3 is 68.5 Å². The van der Waals surface area contributed by atoms with E-state index in [1.807, 2.05) is 20.8 Å². The van der Waals surface area contributed by atoms with E-state index in [1.165, 1.54) is 58.3 Å². The van der Waals surface area contributed by atoms with Crippen molar-refractivity contribution in [1.82, 2.24) is 57.7 Å². The summed E-state index contributed by atoms with van der Waals surface area (Å²) in [6.07, 6.45) is 2.49. The number of carboxylic acids is 1. The number of carbonyl (C=O) groups is 13. The quantitative estimate of drug-likeness (QED) is 0.0444. The highest BCUT2D eigenvalue weighted by Gasteiger charge is 2.47. The molecule has 12 N–H and O–H groups in total. The van der Waals surface area contributed by atoms with Gasteiger partial charge in [-0.3, -0.25) is 57.5 Å². The Bertz CT molecular complexity index is 2410. The minimum atomic E-state index is -1.68. The highest BCUT2D eigenvalue weighted by molar-refractivity contribution is 6.01. The molecule has 2 fully saturated rings. The molecule has 2 heterocycles. The van der Waals surface area contributed by atoms with Crippen molar-refractivity contribution >= 4 is 76.9 Å². The Labute approximate surface area is 495 Å². The summed E-state index contributed by atoms with van der Waals surface area (Å²) >= 11 is 0. The van der Waals surface area contributed by atoms with Gasteiger partial charge in [0.1, 0.15) is 65.0 Å². The zero-order valence-electron chi connectivity index (χ0n) is 52.7. The second-order valence-corrected chi connectivity index (χ2v) is 25.1. The molecule has 0 aliphatic carbocycles. The Morgan fingerprint density at radius 3 is 1.27 bits per heavy atom. The number of carbonyl (C=O) groups excluding carboxylic acids is 12. The highest BCUT2D eigenvalue weighted by Crippen LogP contribution is 2.26. The minimum absolute atomic E-state index is 0.120. The van der Waals surface area contributed by atoms with E-state index in [2.05, 4.69) is 47.9 Å². The predicted octanol–water partition coefficient (Wildman–Crippen LogP) is 0.772. The van der Waals surface area contributed by atoms with Crippen LogP contribution in [0.15, 0.2) is 0 Å². The Morgan fingerprint density at radius 1 is 0.488 bits per heavy atom. The molecule has 2 aliphatic rings. The van der Waals surface area contributed by atoms with E-state index >= 15 is 0 Å². The number of rotatable bonds is 32. The Kier molecular flexibility index (Phi) is 27.8. The second kappa shape index (κ2) is 31.8. The highest BCUT2D eigenvalue weighted by atomic mass is 16.4. The maximum atomic E-state index is 14.5. The standard InChI is InChI=1S/C58H100N12O14/c1-18-31(7)41(49(77)60-36(28-30(5)6)46(74)67-57(14,15)54(83)70-27-23-25-39(70)48(76)65-44(52(80)81)34(10)21-4)63-47(75)38-24-22-26-69(38)55(84)58(16,17)68-51(79)43(33(9)20-3)64-50(78)42(32(8)19-2)62-45(73)37(29-40(59)72)61-53(82)56(12,13)66-35(11)71/h30-34,36-39,41-44H,18-29H2,1-17H3,(H2,59,72)(H,60,77)(H,61,82)(H,62,73)(H,63,75)(H,64,78)(H,65,76)(H,66,71)(H,67,74)(H,68,79)(H,80,81)/t31-,32-,33-,34-,36-,37-,38-,39-,41-,42-,43-,44-/m0/s1. The third-order valence-electron chi connectivity index (χ3n) is 16.2. The molecule has 476 valence electrons. The first-order chi connectivity index (χ1) is 38.8. The van der Waals surface area contributed by atoms with Crippen molar-refractivity contribution in [3.8, 4) is 0 Å². The Morgan fingerprint density at radius 2 is 0.869 bits per heavy atom. The van der Waals surface area contributed by atoms with E-state index in [1.54, 1.807) is 48.5 Å².